The third-order valence-corrected chi connectivity index (χ3v) is 3.53. The zero-order valence-corrected chi connectivity index (χ0v) is 11.5. The van der Waals surface area contributed by atoms with Crippen LogP contribution in [0.5, 0.6) is 11.5 Å². The van der Waals surface area contributed by atoms with Gasteiger partial charge >= 0.3 is 0 Å². The molecule has 0 atom stereocenters. The monoisotopic (exact) mass is 296 g/mol. The van der Waals surface area contributed by atoms with Gasteiger partial charge in [-0.3, -0.25) is 4.79 Å². The molecule has 0 saturated carbocycles. The van der Waals surface area contributed by atoms with Gasteiger partial charge in [0.2, 0.25) is 6.79 Å². The van der Waals surface area contributed by atoms with Gasteiger partial charge in [-0.15, -0.1) is 0 Å². The maximum atomic E-state index is 12.2. The molecule has 3 aromatic rings. The Morgan fingerprint density at radius 2 is 2.14 bits per heavy atom. The molecule has 0 spiro atoms. The van der Waals surface area contributed by atoms with Gasteiger partial charge in [-0.1, -0.05) is 6.58 Å². The van der Waals surface area contributed by atoms with Crippen molar-refractivity contribution in [2.75, 3.05) is 6.79 Å². The van der Waals surface area contributed by atoms with E-state index in [4.69, 9.17) is 15.2 Å². The van der Waals surface area contributed by atoms with Crippen LogP contribution in [0.1, 0.15) is 5.56 Å². The van der Waals surface area contributed by atoms with Crippen LogP contribution in [0.25, 0.3) is 22.6 Å². The molecule has 0 unspecified atom stereocenters. The SMILES string of the molecule is C=C(N)c1cnn2c(=O)cc(-c3ccc4c(c3)OCO4)[nH]c12. The number of aromatic amines is 1. The molecule has 0 radical (unpaired) electrons. The Morgan fingerprint density at radius 3 is 2.95 bits per heavy atom. The van der Waals surface area contributed by atoms with Crippen molar-refractivity contribution >= 4 is 11.3 Å². The van der Waals surface area contributed by atoms with Gasteiger partial charge < -0.3 is 20.2 Å². The number of nitrogens with zero attached hydrogens (tertiary/aromatic N) is 2. The molecule has 3 N–H and O–H groups in total. The maximum Gasteiger partial charge on any atom is 0.274 e. The first kappa shape index (κ1) is 12.5. The van der Waals surface area contributed by atoms with Gasteiger partial charge in [0.15, 0.2) is 11.5 Å². The van der Waals surface area contributed by atoms with Gasteiger partial charge in [0, 0.05) is 17.3 Å². The number of aromatic nitrogens is 3. The van der Waals surface area contributed by atoms with Crippen LogP contribution in [0, 0.1) is 0 Å². The van der Waals surface area contributed by atoms with Crippen LogP contribution in [0.4, 0.5) is 0 Å². The number of benzene rings is 1. The minimum absolute atomic E-state index is 0.202. The van der Waals surface area contributed by atoms with Gasteiger partial charge in [-0.25, -0.2) is 0 Å². The summed E-state index contributed by atoms with van der Waals surface area (Å²) in [5, 5.41) is 4.02. The minimum atomic E-state index is -0.256. The molecule has 0 aliphatic carbocycles. The molecule has 1 aliphatic rings. The molecule has 0 fully saturated rings. The lowest BCUT2D eigenvalue weighted by molar-refractivity contribution is 0.174. The number of nitrogens with one attached hydrogen (secondary N) is 1. The van der Waals surface area contributed by atoms with Crippen LogP contribution < -0.4 is 20.8 Å². The zero-order valence-electron chi connectivity index (χ0n) is 11.5. The molecular formula is C15H12N4O3. The Morgan fingerprint density at radius 1 is 1.32 bits per heavy atom. The Labute approximate surface area is 124 Å². The summed E-state index contributed by atoms with van der Waals surface area (Å²) in [7, 11) is 0. The van der Waals surface area contributed by atoms with E-state index in [1.54, 1.807) is 6.07 Å². The highest BCUT2D eigenvalue weighted by molar-refractivity contribution is 5.74. The molecule has 2 aromatic heterocycles. The third-order valence-electron chi connectivity index (χ3n) is 3.53. The molecule has 22 heavy (non-hydrogen) atoms. The van der Waals surface area contributed by atoms with Gasteiger partial charge in [0.25, 0.3) is 5.56 Å². The maximum absolute atomic E-state index is 12.2. The van der Waals surface area contributed by atoms with E-state index in [0.717, 1.165) is 5.56 Å². The van der Waals surface area contributed by atoms with Crippen molar-refractivity contribution in [3.8, 4) is 22.8 Å². The number of nitrogens with two attached hydrogens (primary N) is 1. The van der Waals surface area contributed by atoms with Crippen molar-refractivity contribution in [3.63, 3.8) is 0 Å². The summed E-state index contributed by atoms with van der Waals surface area (Å²) < 4.78 is 11.9. The average Bonchev–Trinajstić information content (AvgIpc) is 3.12. The Bertz CT molecular complexity index is 971. The summed E-state index contributed by atoms with van der Waals surface area (Å²) in [4.78, 5) is 15.4. The standard InChI is InChI=1S/C15H12N4O3/c1-8(16)10-6-17-19-14(20)5-11(18-15(10)19)9-2-3-12-13(4-9)22-7-21-12/h2-6,18H,1,7,16H2. The van der Waals surface area contributed by atoms with Crippen molar-refractivity contribution in [1.82, 2.24) is 14.6 Å². The number of H-pyrrole nitrogens is 1. The third kappa shape index (κ3) is 1.76. The summed E-state index contributed by atoms with van der Waals surface area (Å²) in [6.07, 6.45) is 1.51. The van der Waals surface area contributed by atoms with Gasteiger partial charge in [-0.05, 0) is 18.2 Å². The predicted octanol–water partition coefficient (Wildman–Crippen LogP) is 1.35. The summed E-state index contributed by atoms with van der Waals surface area (Å²) in [5.74, 6) is 1.34. The van der Waals surface area contributed by atoms with E-state index < -0.39 is 0 Å². The van der Waals surface area contributed by atoms with E-state index in [9.17, 15) is 4.79 Å². The van der Waals surface area contributed by atoms with Gasteiger partial charge in [-0.2, -0.15) is 9.61 Å². The lowest BCUT2D eigenvalue weighted by Gasteiger charge is -2.05. The first-order valence-corrected chi connectivity index (χ1v) is 6.59. The van der Waals surface area contributed by atoms with E-state index in [-0.39, 0.29) is 12.4 Å². The normalized spacial score (nSPS) is 12.7. The number of hydrogen-bond donors (Lipinski definition) is 2. The van der Waals surface area contributed by atoms with E-state index in [1.165, 1.54) is 16.8 Å². The number of hydrogen-bond acceptors (Lipinski definition) is 5. The minimum Gasteiger partial charge on any atom is -0.454 e. The van der Waals surface area contributed by atoms with Crippen LogP contribution in [0.15, 0.2) is 41.8 Å². The van der Waals surface area contributed by atoms with Crippen LogP contribution in [0.3, 0.4) is 0 Å². The lowest BCUT2D eigenvalue weighted by atomic mass is 10.1. The average molecular weight is 296 g/mol. The molecule has 110 valence electrons. The summed E-state index contributed by atoms with van der Waals surface area (Å²) in [6.45, 7) is 3.90. The fourth-order valence-electron chi connectivity index (χ4n) is 2.44. The second-order valence-electron chi connectivity index (χ2n) is 4.93. The van der Waals surface area contributed by atoms with E-state index >= 15 is 0 Å². The van der Waals surface area contributed by atoms with Crippen molar-refractivity contribution in [2.45, 2.75) is 0 Å². The van der Waals surface area contributed by atoms with Crippen LogP contribution in [-0.2, 0) is 0 Å². The second kappa shape index (κ2) is 4.39. The summed E-state index contributed by atoms with van der Waals surface area (Å²) in [6, 6.07) is 6.94. The molecule has 0 saturated heterocycles. The molecule has 1 aliphatic heterocycles. The largest absolute Gasteiger partial charge is 0.454 e. The fourth-order valence-corrected chi connectivity index (χ4v) is 2.44. The zero-order chi connectivity index (χ0) is 15.3. The molecule has 3 heterocycles. The van der Waals surface area contributed by atoms with Crippen molar-refractivity contribution in [3.05, 3.63) is 53.0 Å². The Hall–Kier alpha value is -3.22. The van der Waals surface area contributed by atoms with Crippen LogP contribution in [-0.4, -0.2) is 21.4 Å². The van der Waals surface area contributed by atoms with Crippen molar-refractivity contribution < 1.29 is 9.47 Å². The van der Waals surface area contributed by atoms with E-state index in [0.29, 0.717) is 34.1 Å². The smallest absolute Gasteiger partial charge is 0.274 e. The van der Waals surface area contributed by atoms with Crippen molar-refractivity contribution in [2.24, 2.45) is 5.73 Å². The highest BCUT2D eigenvalue weighted by Gasteiger charge is 2.15. The van der Waals surface area contributed by atoms with Crippen molar-refractivity contribution in [1.29, 1.82) is 0 Å². The quantitative estimate of drug-likeness (QED) is 0.744. The molecule has 7 heteroatoms. The number of rotatable bonds is 2. The molecular weight excluding hydrogens is 284 g/mol. The highest BCUT2D eigenvalue weighted by Crippen LogP contribution is 2.35. The molecule has 7 nitrogen and oxygen atoms in total. The topological polar surface area (TPSA) is 94.6 Å². The molecule has 1 aromatic carbocycles. The van der Waals surface area contributed by atoms with Gasteiger partial charge in [0.1, 0.15) is 5.65 Å². The first-order valence-electron chi connectivity index (χ1n) is 6.59. The van der Waals surface area contributed by atoms with E-state index in [2.05, 4.69) is 16.7 Å². The van der Waals surface area contributed by atoms with Crippen LogP contribution >= 0.6 is 0 Å². The summed E-state index contributed by atoms with van der Waals surface area (Å²) >= 11 is 0. The predicted molar refractivity (Wildman–Crippen MR) is 80.6 cm³/mol. The van der Waals surface area contributed by atoms with E-state index in [1.807, 2.05) is 12.1 Å². The Kier molecular flexibility index (Phi) is 2.50. The molecule has 0 amide bonds. The second-order valence-corrected chi connectivity index (χ2v) is 4.93. The molecule has 4 rings (SSSR count). The fraction of sp³-hybridized carbons (Fsp3) is 0.0667. The highest BCUT2D eigenvalue weighted by atomic mass is 16.7. The lowest BCUT2D eigenvalue weighted by Crippen LogP contribution is -2.14. The van der Waals surface area contributed by atoms with Crippen LogP contribution in [0.2, 0.25) is 0 Å². The number of ether oxygens (including phenoxy) is 2. The first-order chi connectivity index (χ1) is 10.6. The molecule has 0 bridgehead atoms. The summed E-state index contributed by atoms with van der Waals surface area (Å²) in [5.41, 5.74) is 8.36. The Balaban J connectivity index is 1.93. The number of fused-ring (bicyclic) bond motifs is 2. The van der Waals surface area contributed by atoms with Gasteiger partial charge in [0.05, 0.1) is 17.5 Å².